The lowest BCUT2D eigenvalue weighted by atomic mass is 10.1. The van der Waals surface area contributed by atoms with Crippen molar-refractivity contribution in [2.45, 2.75) is 36.5 Å². The van der Waals surface area contributed by atoms with Gasteiger partial charge in [-0.05, 0) is 49.9 Å². The molecule has 0 saturated heterocycles. The van der Waals surface area contributed by atoms with Crippen molar-refractivity contribution in [2.24, 2.45) is 0 Å². The molecular formula is C18H14F2N2OS2. The summed E-state index contributed by atoms with van der Waals surface area (Å²) in [6, 6.07) is 3.25. The van der Waals surface area contributed by atoms with Gasteiger partial charge < -0.3 is 0 Å². The summed E-state index contributed by atoms with van der Waals surface area (Å²) in [5.41, 5.74) is 1.47. The van der Waals surface area contributed by atoms with E-state index in [4.69, 9.17) is 0 Å². The second-order valence-corrected chi connectivity index (χ2v) is 8.38. The van der Waals surface area contributed by atoms with Crippen LogP contribution >= 0.6 is 23.1 Å². The maximum atomic E-state index is 13.4. The van der Waals surface area contributed by atoms with Crippen LogP contribution in [0.1, 0.15) is 34.1 Å². The van der Waals surface area contributed by atoms with Gasteiger partial charge in [0.1, 0.15) is 16.2 Å². The van der Waals surface area contributed by atoms with E-state index in [1.165, 1.54) is 34.6 Å². The van der Waals surface area contributed by atoms with Gasteiger partial charge in [-0.1, -0.05) is 11.8 Å². The Morgan fingerprint density at radius 3 is 2.88 bits per heavy atom. The summed E-state index contributed by atoms with van der Waals surface area (Å²) in [5, 5.41) is 1.38. The topological polar surface area (TPSA) is 42.9 Å². The number of hydrogen-bond acceptors (Lipinski definition) is 5. The number of hydrogen-bond donors (Lipinski definition) is 0. The number of fused-ring (bicyclic) bond motifs is 3. The summed E-state index contributed by atoms with van der Waals surface area (Å²) < 4.78 is 26.5. The molecule has 2 aromatic heterocycles. The fraction of sp³-hybridized carbons (Fsp3) is 0.278. The summed E-state index contributed by atoms with van der Waals surface area (Å²) in [5.74, 6) is -2.21. The smallest absolute Gasteiger partial charge is 0.176 e. The molecule has 0 unspecified atom stereocenters. The van der Waals surface area contributed by atoms with Gasteiger partial charge in [0.15, 0.2) is 17.4 Å². The SMILES string of the molecule is C[C@H](Sc1ncnc2sc3c(c12)CCC3)C(=O)c1ccc(F)c(F)c1. The van der Waals surface area contributed by atoms with E-state index in [1.54, 1.807) is 18.3 Å². The highest BCUT2D eigenvalue weighted by Gasteiger charge is 2.24. The highest BCUT2D eigenvalue weighted by molar-refractivity contribution is 8.00. The van der Waals surface area contributed by atoms with Crippen LogP contribution in [0.4, 0.5) is 8.78 Å². The van der Waals surface area contributed by atoms with E-state index in [-0.39, 0.29) is 11.3 Å². The van der Waals surface area contributed by atoms with Crippen LogP contribution in [0.5, 0.6) is 0 Å². The molecule has 0 aliphatic heterocycles. The normalized spacial score (nSPS) is 14.7. The Kier molecular flexibility index (Phi) is 4.29. The zero-order chi connectivity index (χ0) is 17.6. The van der Waals surface area contributed by atoms with Crippen molar-refractivity contribution in [3.05, 3.63) is 52.2 Å². The molecule has 2 heterocycles. The monoisotopic (exact) mass is 376 g/mol. The number of Topliss-reactive ketones (excluding diaryl/α,β-unsaturated/α-hetero) is 1. The molecule has 1 aliphatic carbocycles. The van der Waals surface area contributed by atoms with Crippen molar-refractivity contribution in [2.75, 3.05) is 0 Å². The molecule has 0 saturated carbocycles. The van der Waals surface area contributed by atoms with Crippen LogP contribution in [0, 0.1) is 11.6 Å². The Balaban J connectivity index is 1.64. The largest absolute Gasteiger partial charge is 0.293 e. The predicted molar refractivity (Wildman–Crippen MR) is 95.4 cm³/mol. The van der Waals surface area contributed by atoms with Gasteiger partial charge in [-0.15, -0.1) is 11.3 Å². The zero-order valence-corrected chi connectivity index (χ0v) is 15.0. The van der Waals surface area contributed by atoms with Crippen LogP contribution in [-0.2, 0) is 12.8 Å². The van der Waals surface area contributed by atoms with Crippen LogP contribution < -0.4 is 0 Å². The third kappa shape index (κ3) is 2.95. The summed E-state index contributed by atoms with van der Waals surface area (Å²) in [7, 11) is 0. The highest BCUT2D eigenvalue weighted by atomic mass is 32.2. The van der Waals surface area contributed by atoms with E-state index in [1.807, 2.05) is 0 Å². The fourth-order valence-corrected chi connectivity index (χ4v) is 5.41. The van der Waals surface area contributed by atoms with Gasteiger partial charge in [0, 0.05) is 15.8 Å². The summed E-state index contributed by atoms with van der Waals surface area (Å²) in [6.45, 7) is 1.76. The molecular weight excluding hydrogens is 362 g/mol. The summed E-state index contributed by atoms with van der Waals surface area (Å²) in [4.78, 5) is 23.6. The fourth-order valence-electron chi connectivity index (χ4n) is 3.09. The number of carbonyl (C=O) groups is 1. The van der Waals surface area contributed by atoms with Crippen molar-refractivity contribution < 1.29 is 13.6 Å². The summed E-state index contributed by atoms with van der Waals surface area (Å²) >= 11 is 3.04. The van der Waals surface area contributed by atoms with Crippen LogP contribution in [0.2, 0.25) is 0 Å². The second-order valence-electron chi connectivity index (χ2n) is 5.97. The molecule has 7 heteroatoms. The predicted octanol–water partition coefficient (Wildman–Crippen LogP) is 4.82. The molecule has 1 atom stereocenters. The van der Waals surface area contributed by atoms with E-state index in [9.17, 15) is 13.6 Å². The molecule has 0 amide bonds. The Morgan fingerprint density at radius 1 is 1.24 bits per heavy atom. The molecule has 4 rings (SSSR count). The molecule has 128 valence electrons. The van der Waals surface area contributed by atoms with Crippen molar-refractivity contribution in [3.63, 3.8) is 0 Å². The zero-order valence-electron chi connectivity index (χ0n) is 13.4. The lowest BCUT2D eigenvalue weighted by molar-refractivity contribution is 0.0993. The lowest BCUT2D eigenvalue weighted by Gasteiger charge is -2.11. The number of aryl methyl sites for hydroxylation is 2. The first-order valence-electron chi connectivity index (χ1n) is 7.95. The van der Waals surface area contributed by atoms with Gasteiger partial charge in [-0.3, -0.25) is 4.79 Å². The minimum atomic E-state index is -1.01. The minimum absolute atomic E-state index is 0.166. The van der Waals surface area contributed by atoms with Gasteiger partial charge in [-0.25, -0.2) is 18.7 Å². The minimum Gasteiger partial charge on any atom is -0.293 e. The van der Waals surface area contributed by atoms with Crippen molar-refractivity contribution in [3.8, 4) is 0 Å². The van der Waals surface area contributed by atoms with Crippen LogP contribution in [0.25, 0.3) is 10.2 Å². The first kappa shape index (κ1) is 16.6. The maximum absolute atomic E-state index is 13.4. The number of aromatic nitrogens is 2. The Labute approximate surface area is 151 Å². The molecule has 0 fully saturated rings. The maximum Gasteiger partial charge on any atom is 0.176 e. The first-order valence-corrected chi connectivity index (χ1v) is 9.65. The summed E-state index contributed by atoms with van der Waals surface area (Å²) in [6.07, 6.45) is 4.75. The van der Waals surface area contributed by atoms with E-state index < -0.39 is 16.9 Å². The third-order valence-corrected chi connectivity index (χ3v) is 6.63. The number of ketones is 1. The second kappa shape index (κ2) is 6.46. The molecule has 0 spiro atoms. The highest BCUT2D eigenvalue weighted by Crippen LogP contribution is 2.41. The van der Waals surface area contributed by atoms with Gasteiger partial charge in [0.05, 0.1) is 5.25 Å². The number of thiophene rings is 1. The Hall–Kier alpha value is -1.86. The number of carbonyl (C=O) groups excluding carboxylic acids is 1. The van der Waals surface area contributed by atoms with Gasteiger partial charge >= 0.3 is 0 Å². The van der Waals surface area contributed by atoms with Crippen LogP contribution in [0.3, 0.4) is 0 Å². The number of benzene rings is 1. The molecule has 0 N–H and O–H groups in total. The average Bonchev–Trinajstić information content (AvgIpc) is 3.17. The standard InChI is InChI=1S/C18H14F2N2OS2/c1-9(16(23)10-5-6-12(19)13(20)7-10)24-17-15-11-3-2-4-14(11)25-18(15)22-8-21-17/h5-9H,2-4H2,1H3/t9-/m0/s1. The van der Waals surface area contributed by atoms with E-state index in [2.05, 4.69) is 9.97 Å². The molecule has 3 aromatic rings. The van der Waals surface area contributed by atoms with Crippen molar-refractivity contribution in [1.29, 1.82) is 0 Å². The van der Waals surface area contributed by atoms with Gasteiger partial charge in [-0.2, -0.15) is 0 Å². The van der Waals surface area contributed by atoms with E-state index in [0.29, 0.717) is 0 Å². The first-order chi connectivity index (χ1) is 12.0. The Bertz CT molecular complexity index is 987. The lowest BCUT2D eigenvalue weighted by Crippen LogP contribution is -2.14. The molecule has 0 bridgehead atoms. The number of rotatable bonds is 4. The van der Waals surface area contributed by atoms with Crippen LogP contribution in [0.15, 0.2) is 29.6 Å². The number of halogens is 2. The van der Waals surface area contributed by atoms with Gasteiger partial charge in [0.2, 0.25) is 0 Å². The van der Waals surface area contributed by atoms with E-state index >= 15 is 0 Å². The molecule has 0 radical (unpaired) electrons. The van der Waals surface area contributed by atoms with Gasteiger partial charge in [0.25, 0.3) is 0 Å². The number of thioether (sulfide) groups is 1. The number of nitrogens with zero attached hydrogens (tertiary/aromatic N) is 2. The molecule has 1 aliphatic rings. The molecule has 25 heavy (non-hydrogen) atoms. The van der Waals surface area contributed by atoms with Crippen molar-refractivity contribution in [1.82, 2.24) is 9.97 Å². The molecule has 3 nitrogen and oxygen atoms in total. The Morgan fingerprint density at radius 2 is 2.08 bits per heavy atom. The van der Waals surface area contributed by atoms with Crippen molar-refractivity contribution >= 4 is 39.1 Å². The molecule has 1 aromatic carbocycles. The average molecular weight is 376 g/mol. The third-order valence-electron chi connectivity index (χ3n) is 4.33. The van der Waals surface area contributed by atoms with E-state index in [0.717, 1.165) is 46.6 Å². The quantitative estimate of drug-likeness (QED) is 0.372. The van der Waals surface area contributed by atoms with Crippen LogP contribution in [-0.4, -0.2) is 21.0 Å².